The fourth-order valence-electron chi connectivity index (χ4n) is 1.49. The molecule has 0 aliphatic rings. The quantitative estimate of drug-likeness (QED) is 0.494. The number of thioether (sulfide) groups is 1. The van der Waals surface area contributed by atoms with Gasteiger partial charge in [0.15, 0.2) is 5.09 Å². The number of halogens is 1. The Hall–Kier alpha value is -1.80. The fourth-order valence-corrected chi connectivity index (χ4v) is 2.69. The van der Waals surface area contributed by atoms with Gasteiger partial charge in [-0.15, -0.1) is 0 Å². The molecule has 0 radical (unpaired) electrons. The molecule has 0 unspecified atom stereocenters. The number of nitro groups is 1. The van der Waals surface area contributed by atoms with Crippen molar-refractivity contribution in [3.8, 4) is 0 Å². The van der Waals surface area contributed by atoms with E-state index in [4.69, 9.17) is 9.52 Å². The minimum atomic E-state index is -1.15. The molecule has 0 bridgehead atoms. The first-order valence-corrected chi connectivity index (χ1v) is 7.14. The van der Waals surface area contributed by atoms with E-state index in [-0.39, 0.29) is 11.4 Å². The molecule has 0 spiro atoms. The van der Waals surface area contributed by atoms with Gasteiger partial charge in [0.25, 0.3) is 5.69 Å². The molecule has 2 rings (SSSR count). The molecule has 6 nitrogen and oxygen atoms in total. The summed E-state index contributed by atoms with van der Waals surface area (Å²) in [7, 11) is 0. The summed E-state index contributed by atoms with van der Waals surface area (Å²) in [6, 6.07) is 7.67. The van der Waals surface area contributed by atoms with Crippen LogP contribution in [-0.2, 0) is 5.75 Å². The second kappa shape index (κ2) is 6.10. The molecule has 0 fully saturated rings. The normalized spacial score (nSPS) is 10.4. The van der Waals surface area contributed by atoms with Crippen molar-refractivity contribution in [2.45, 2.75) is 10.8 Å². The summed E-state index contributed by atoms with van der Waals surface area (Å²) < 4.78 is 5.70. The molecule has 104 valence electrons. The number of nitrogens with zero attached hydrogens (tertiary/aromatic N) is 1. The van der Waals surface area contributed by atoms with Gasteiger partial charge >= 0.3 is 5.97 Å². The van der Waals surface area contributed by atoms with E-state index in [9.17, 15) is 14.9 Å². The number of carbonyl (C=O) groups is 1. The summed E-state index contributed by atoms with van der Waals surface area (Å²) in [4.78, 5) is 21.2. The van der Waals surface area contributed by atoms with E-state index in [0.29, 0.717) is 20.9 Å². The number of hydrogen-bond donors (Lipinski definition) is 1. The van der Waals surface area contributed by atoms with Gasteiger partial charge in [0, 0.05) is 21.9 Å². The van der Waals surface area contributed by atoms with Crippen LogP contribution in [0, 0.1) is 10.1 Å². The van der Waals surface area contributed by atoms with Gasteiger partial charge in [0.1, 0.15) is 0 Å². The molecule has 1 aromatic carbocycles. The van der Waals surface area contributed by atoms with E-state index >= 15 is 0 Å². The number of rotatable bonds is 5. The highest BCUT2D eigenvalue weighted by atomic mass is 79.9. The topological polar surface area (TPSA) is 93.6 Å². The second-order valence-corrected chi connectivity index (χ2v) is 5.64. The maximum atomic E-state index is 11.0. The first-order valence-electron chi connectivity index (χ1n) is 5.36. The predicted octanol–water partition coefficient (Wildman–Crippen LogP) is 3.94. The molecule has 1 N–H and O–H groups in total. The van der Waals surface area contributed by atoms with Crippen molar-refractivity contribution in [3.63, 3.8) is 0 Å². The van der Waals surface area contributed by atoms with E-state index < -0.39 is 10.9 Å². The van der Waals surface area contributed by atoms with Crippen LogP contribution in [0.25, 0.3) is 0 Å². The molecule has 2 aromatic rings. The fraction of sp³-hybridized carbons (Fsp3) is 0.0833. The van der Waals surface area contributed by atoms with Crippen LogP contribution in [-0.4, -0.2) is 16.0 Å². The smallest absolute Gasteiger partial charge is 0.371 e. The molecule has 0 aliphatic carbocycles. The summed E-state index contributed by atoms with van der Waals surface area (Å²) in [5.74, 6) is -0.986. The second-order valence-electron chi connectivity index (χ2n) is 3.74. The lowest BCUT2D eigenvalue weighted by molar-refractivity contribution is -0.385. The molecule has 0 amide bonds. The van der Waals surface area contributed by atoms with Gasteiger partial charge in [0.05, 0.1) is 4.92 Å². The SMILES string of the molecule is O=C(O)c1ccc(SCc2ccc(Br)cc2[N+](=O)[O-])o1. The molecular weight excluding hydrogens is 350 g/mol. The maximum absolute atomic E-state index is 11.0. The Morgan fingerprint density at radius 1 is 1.40 bits per heavy atom. The summed E-state index contributed by atoms with van der Waals surface area (Å²) in [6.07, 6.45) is 0. The molecule has 0 saturated carbocycles. The molecule has 8 heteroatoms. The van der Waals surface area contributed by atoms with Crippen LogP contribution >= 0.6 is 27.7 Å². The van der Waals surface area contributed by atoms with E-state index in [2.05, 4.69) is 15.9 Å². The highest BCUT2D eigenvalue weighted by Gasteiger charge is 2.15. The lowest BCUT2D eigenvalue weighted by Crippen LogP contribution is -1.94. The molecule has 1 heterocycles. The summed E-state index contributed by atoms with van der Waals surface area (Å²) in [6.45, 7) is 0. The van der Waals surface area contributed by atoms with Gasteiger partial charge in [-0.1, -0.05) is 33.8 Å². The third kappa shape index (κ3) is 3.40. The van der Waals surface area contributed by atoms with Gasteiger partial charge in [0.2, 0.25) is 5.76 Å². The average molecular weight is 358 g/mol. The van der Waals surface area contributed by atoms with Crippen LogP contribution in [0.1, 0.15) is 16.1 Å². The van der Waals surface area contributed by atoms with E-state index in [1.807, 2.05) is 0 Å². The molecule has 0 atom stereocenters. The van der Waals surface area contributed by atoms with E-state index in [1.165, 1.54) is 30.0 Å². The third-order valence-electron chi connectivity index (χ3n) is 2.41. The van der Waals surface area contributed by atoms with Crippen molar-refractivity contribution >= 4 is 39.3 Å². The van der Waals surface area contributed by atoms with Gasteiger partial charge in [-0.3, -0.25) is 10.1 Å². The number of furan rings is 1. The van der Waals surface area contributed by atoms with E-state index in [1.54, 1.807) is 12.1 Å². The van der Waals surface area contributed by atoms with Crippen LogP contribution in [0.5, 0.6) is 0 Å². The molecular formula is C12H8BrNO5S. The van der Waals surface area contributed by atoms with Gasteiger partial charge in [-0.25, -0.2) is 4.79 Å². The summed E-state index contributed by atoms with van der Waals surface area (Å²) >= 11 is 4.38. The Bertz CT molecular complexity index is 670. The lowest BCUT2D eigenvalue weighted by atomic mass is 10.2. The third-order valence-corrected chi connectivity index (χ3v) is 3.86. The number of nitro benzene ring substituents is 1. The lowest BCUT2D eigenvalue weighted by Gasteiger charge is -2.02. The Morgan fingerprint density at radius 2 is 2.15 bits per heavy atom. The zero-order valence-electron chi connectivity index (χ0n) is 9.91. The Balaban J connectivity index is 2.14. The van der Waals surface area contributed by atoms with Crippen molar-refractivity contribution in [3.05, 3.63) is 56.2 Å². The first-order chi connectivity index (χ1) is 9.47. The van der Waals surface area contributed by atoms with Crippen LogP contribution < -0.4 is 0 Å². The van der Waals surface area contributed by atoms with Gasteiger partial charge < -0.3 is 9.52 Å². The van der Waals surface area contributed by atoms with Crippen molar-refractivity contribution in [2.75, 3.05) is 0 Å². The van der Waals surface area contributed by atoms with Crippen molar-refractivity contribution in [1.29, 1.82) is 0 Å². The maximum Gasteiger partial charge on any atom is 0.371 e. The standard InChI is InChI=1S/C12H8BrNO5S/c13-8-2-1-7(9(5-8)14(17)18)6-20-11-4-3-10(19-11)12(15)16/h1-5H,6H2,(H,15,16). The molecule has 1 aromatic heterocycles. The molecule has 20 heavy (non-hydrogen) atoms. The summed E-state index contributed by atoms with van der Waals surface area (Å²) in [5, 5.41) is 20.1. The van der Waals surface area contributed by atoms with Gasteiger partial charge in [-0.05, 0) is 18.2 Å². The minimum Gasteiger partial charge on any atom is -0.475 e. The predicted molar refractivity (Wildman–Crippen MR) is 76.0 cm³/mol. The molecule has 0 aliphatic heterocycles. The van der Waals surface area contributed by atoms with Crippen molar-refractivity contribution < 1.29 is 19.2 Å². The Labute approximate surface area is 126 Å². The number of carboxylic acids is 1. The number of aromatic carboxylic acids is 1. The van der Waals surface area contributed by atoms with Crippen LogP contribution in [0.3, 0.4) is 0 Å². The zero-order valence-corrected chi connectivity index (χ0v) is 12.3. The molecule has 0 saturated heterocycles. The number of carboxylic acid groups (broad SMARTS) is 1. The number of hydrogen-bond acceptors (Lipinski definition) is 5. The van der Waals surface area contributed by atoms with Gasteiger partial charge in [-0.2, -0.15) is 0 Å². The minimum absolute atomic E-state index is 0.0110. The highest BCUT2D eigenvalue weighted by Crippen LogP contribution is 2.30. The zero-order chi connectivity index (χ0) is 14.7. The van der Waals surface area contributed by atoms with Crippen LogP contribution in [0.15, 0.2) is 44.3 Å². The van der Waals surface area contributed by atoms with Crippen LogP contribution in [0.4, 0.5) is 5.69 Å². The Morgan fingerprint density at radius 3 is 2.75 bits per heavy atom. The number of benzene rings is 1. The summed E-state index contributed by atoms with van der Waals surface area (Å²) in [5.41, 5.74) is 0.549. The van der Waals surface area contributed by atoms with E-state index in [0.717, 1.165) is 0 Å². The Kier molecular flexibility index (Phi) is 4.46. The van der Waals surface area contributed by atoms with Crippen molar-refractivity contribution in [2.24, 2.45) is 0 Å². The van der Waals surface area contributed by atoms with Crippen molar-refractivity contribution in [1.82, 2.24) is 0 Å². The average Bonchev–Trinajstić information content (AvgIpc) is 2.86. The highest BCUT2D eigenvalue weighted by molar-refractivity contribution is 9.10. The largest absolute Gasteiger partial charge is 0.475 e. The first kappa shape index (κ1) is 14.6. The monoisotopic (exact) mass is 357 g/mol. The van der Waals surface area contributed by atoms with Crippen LogP contribution in [0.2, 0.25) is 0 Å².